The SMILES string of the molecule is CC(C)(C)c1ncc(-c2ccc(N3CCS(=N)CC3)cc2)o1.N#CC1(NC(=O)C2CCCCC2)CC1. The molecule has 1 aliphatic heterocycles. The maximum Gasteiger partial charge on any atom is 0.224 e. The molecule has 2 heterocycles. The van der Waals surface area contributed by atoms with E-state index in [1.165, 1.54) is 12.1 Å². The second kappa shape index (κ2) is 11.2. The molecule has 8 heteroatoms. The van der Waals surface area contributed by atoms with Crippen molar-refractivity contribution in [1.29, 1.82) is 10.0 Å². The highest BCUT2D eigenvalue weighted by atomic mass is 32.2. The molecule has 0 atom stereocenters. The number of nitrogens with zero attached hydrogens (tertiary/aromatic N) is 3. The van der Waals surface area contributed by atoms with Gasteiger partial charge in [0.25, 0.3) is 0 Å². The van der Waals surface area contributed by atoms with E-state index in [0.29, 0.717) is 0 Å². The van der Waals surface area contributed by atoms with Gasteiger partial charge in [-0.05, 0) is 49.9 Å². The van der Waals surface area contributed by atoms with Crippen LogP contribution in [0.25, 0.3) is 11.3 Å². The van der Waals surface area contributed by atoms with Crippen LogP contribution in [0.1, 0.15) is 71.6 Å². The maximum atomic E-state index is 11.8. The zero-order chi connectivity index (χ0) is 25.8. The lowest BCUT2D eigenvalue weighted by atomic mass is 9.88. The van der Waals surface area contributed by atoms with E-state index in [1.54, 1.807) is 0 Å². The van der Waals surface area contributed by atoms with E-state index < -0.39 is 5.54 Å². The van der Waals surface area contributed by atoms with Gasteiger partial charge in [-0.25, -0.2) is 4.98 Å². The molecule has 1 aromatic heterocycles. The van der Waals surface area contributed by atoms with Gasteiger partial charge in [-0.1, -0.05) is 40.0 Å². The fourth-order valence-electron chi connectivity index (χ4n) is 4.60. The number of nitriles is 1. The fraction of sp³-hybridized carbons (Fsp3) is 0.607. The lowest BCUT2D eigenvalue weighted by Gasteiger charge is -2.29. The second-order valence-electron chi connectivity index (χ2n) is 11.2. The van der Waals surface area contributed by atoms with Gasteiger partial charge in [0.1, 0.15) is 5.54 Å². The molecule has 7 nitrogen and oxygen atoms in total. The van der Waals surface area contributed by atoms with Crippen LogP contribution >= 0.6 is 0 Å². The molecule has 2 aromatic rings. The van der Waals surface area contributed by atoms with Crippen LogP contribution in [0.4, 0.5) is 5.69 Å². The number of amides is 1. The molecule has 2 saturated carbocycles. The Labute approximate surface area is 217 Å². The summed E-state index contributed by atoms with van der Waals surface area (Å²) in [5.41, 5.74) is 1.74. The highest BCUT2D eigenvalue weighted by Crippen LogP contribution is 2.35. The van der Waals surface area contributed by atoms with Gasteiger partial charge in [0.05, 0.1) is 12.3 Å². The molecular weight excluding hydrogens is 470 g/mol. The van der Waals surface area contributed by atoms with Crippen LogP contribution < -0.4 is 10.2 Å². The third-order valence-electron chi connectivity index (χ3n) is 7.18. The van der Waals surface area contributed by atoms with Gasteiger partial charge < -0.3 is 14.6 Å². The third-order valence-corrected chi connectivity index (χ3v) is 8.53. The summed E-state index contributed by atoms with van der Waals surface area (Å²) in [5.74, 6) is 3.85. The molecule has 0 unspecified atom stereocenters. The van der Waals surface area contributed by atoms with Gasteiger partial charge in [-0.15, -0.1) is 10.7 Å². The first-order valence-electron chi connectivity index (χ1n) is 13.1. The monoisotopic (exact) mass is 509 g/mol. The molecule has 1 amide bonds. The van der Waals surface area contributed by atoms with Gasteiger partial charge in [-0.2, -0.15) is 5.26 Å². The van der Waals surface area contributed by atoms with Crippen molar-refractivity contribution >= 4 is 22.3 Å². The van der Waals surface area contributed by atoms with E-state index in [2.05, 4.69) is 66.3 Å². The summed E-state index contributed by atoms with van der Waals surface area (Å²) in [5, 5.41) is 11.7. The summed E-state index contributed by atoms with van der Waals surface area (Å²) in [4.78, 5) is 18.5. The van der Waals surface area contributed by atoms with E-state index in [4.69, 9.17) is 14.5 Å². The number of hydrogen-bond acceptors (Lipinski definition) is 6. The Kier molecular flexibility index (Phi) is 8.19. The van der Waals surface area contributed by atoms with Crippen LogP contribution in [0.5, 0.6) is 0 Å². The standard InChI is InChI=1S/C17H23N3OS.C11H16N2O/c1-17(2,3)16-19-12-15(21-16)13-4-6-14(7-5-13)20-8-10-22(18)11-9-20;12-8-11(6-7-11)13-10(14)9-4-2-1-3-5-9/h4-7,12,18H,8-11H2,1-3H3;9H,1-7H2,(H,13,14). The number of benzene rings is 1. The minimum absolute atomic E-state index is 0.0699. The lowest BCUT2D eigenvalue weighted by Crippen LogP contribution is -2.40. The Morgan fingerprint density at radius 3 is 2.33 bits per heavy atom. The van der Waals surface area contributed by atoms with Gasteiger partial charge in [0.2, 0.25) is 5.91 Å². The summed E-state index contributed by atoms with van der Waals surface area (Å²) >= 11 is 0. The van der Waals surface area contributed by atoms with Crippen LogP contribution in [0.2, 0.25) is 0 Å². The summed E-state index contributed by atoms with van der Waals surface area (Å²) in [6.45, 7) is 8.28. The van der Waals surface area contributed by atoms with Crippen LogP contribution in [0, 0.1) is 22.0 Å². The maximum absolute atomic E-state index is 11.8. The second-order valence-corrected chi connectivity index (χ2v) is 13.0. The Bertz CT molecular complexity index is 1090. The highest BCUT2D eigenvalue weighted by Gasteiger charge is 2.45. The van der Waals surface area contributed by atoms with Crippen molar-refractivity contribution in [3.8, 4) is 17.4 Å². The molecule has 2 N–H and O–H groups in total. The number of aromatic nitrogens is 1. The smallest absolute Gasteiger partial charge is 0.224 e. The first kappa shape index (κ1) is 26.4. The Morgan fingerprint density at radius 2 is 1.81 bits per heavy atom. The molecule has 2 aliphatic carbocycles. The summed E-state index contributed by atoms with van der Waals surface area (Å²) in [6.07, 6.45) is 9.08. The molecule has 5 rings (SSSR count). The minimum Gasteiger partial charge on any atom is -0.440 e. The Morgan fingerprint density at radius 1 is 1.17 bits per heavy atom. The van der Waals surface area contributed by atoms with Gasteiger partial charge >= 0.3 is 0 Å². The highest BCUT2D eigenvalue weighted by molar-refractivity contribution is 7.86. The average Bonchev–Trinajstić information content (AvgIpc) is 3.46. The average molecular weight is 510 g/mol. The Hall–Kier alpha value is -2.66. The van der Waals surface area contributed by atoms with Crippen molar-refractivity contribution in [2.24, 2.45) is 5.92 Å². The summed E-state index contributed by atoms with van der Waals surface area (Å²) < 4.78 is 13.7. The van der Waals surface area contributed by atoms with Crippen molar-refractivity contribution < 1.29 is 9.21 Å². The fourth-order valence-corrected chi connectivity index (χ4v) is 5.68. The van der Waals surface area contributed by atoms with Gasteiger partial charge in [0.15, 0.2) is 11.7 Å². The van der Waals surface area contributed by atoms with E-state index in [1.807, 2.05) is 6.20 Å². The lowest BCUT2D eigenvalue weighted by molar-refractivity contribution is -0.126. The van der Waals surface area contributed by atoms with Crippen LogP contribution in [0.3, 0.4) is 0 Å². The molecule has 1 saturated heterocycles. The first-order chi connectivity index (χ1) is 17.2. The van der Waals surface area contributed by atoms with E-state index in [0.717, 1.165) is 80.3 Å². The molecule has 3 fully saturated rings. The molecule has 0 spiro atoms. The number of nitrogens with one attached hydrogen (secondary N) is 2. The van der Waals surface area contributed by atoms with Gasteiger partial charge in [-0.3, -0.25) is 9.57 Å². The third kappa shape index (κ3) is 6.76. The zero-order valence-electron chi connectivity index (χ0n) is 21.8. The first-order valence-corrected chi connectivity index (χ1v) is 14.7. The predicted molar refractivity (Wildman–Crippen MR) is 145 cm³/mol. The van der Waals surface area contributed by atoms with Crippen LogP contribution in [-0.2, 0) is 20.9 Å². The van der Waals surface area contributed by atoms with Crippen molar-refractivity contribution in [2.45, 2.75) is 76.7 Å². The number of oxazole rings is 1. The summed E-state index contributed by atoms with van der Waals surface area (Å²) in [6, 6.07) is 10.7. The molecule has 1 aromatic carbocycles. The number of carbonyl (C=O) groups excluding carboxylic acids is 1. The minimum atomic E-state index is -0.478. The number of carbonyl (C=O) groups is 1. The zero-order valence-corrected chi connectivity index (χ0v) is 22.6. The Balaban J connectivity index is 0.000000187. The van der Waals surface area contributed by atoms with Crippen molar-refractivity contribution in [3.05, 3.63) is 36.4 Å². The largest absolute Gasteiger partial charge is 0.440 e. The topological polar surface area (TPSA) is 106 Å². The quantitative estimate of drug-likeness (QED) is 0.560. The number of hydrogen-bond donors (Lipinski definition) is 2. The molecule has 0 radical (unpaired) electrons. The van der Waals surface area contributed by atoms with Crippen molar-refractivity contribution in [2.75, 3.05) is 29.5 Å². The normalized spacial score (nSPS) is 20.1. The molecule has 0 bridgehead atoms. The van der Waals surface area contributed by atoms with Crippen LogP contribution in [0.15, 0.2) is 34.9 Å². The van der Waals surface area contributed by atoms with Gasteiger partial charge in [0, 0.05) is 47.2 Å². The predicted octanol–water partition coefficient (Wildman–Crippen LogP) is 5.58. The van der Waals surface area contributed by atoms with Crippen molar-refractivity contribution in [1.82, 2.24) is 10.3 Å². The molecule has 3 aliphatic rings. The molecular formula is C28H39N5O2S. The molecule has 194 valence electrons. The van der Waals surface area contributed by atoms with E-state index in [-0.39, 0.29) is 27.9 Å². The van der Waals surface area contributed by atoms with E-state index in [9.17, 15) is 4.79 Å². The number of anilines is 1. The van der Waals surface area contributed by atoms with Crippen LogP contribution in [-0.4, -0.2) is 41.0 Å². The number of rotatable bonds is 4. The van der Waals surface area contributed by atoms with E-state index >= 15 is 0 Å². The molecule has 36 heavy (non-hydrogen) atoms. The van der Waals surface area contributed by atoms with Crippen molar-refractivity contribution in [3.63, 3.8) is 0 Å². The summed E-state index contributed by atoms with van der Waals surface area (Å²) in [7, 11) is -0.140.